The minimum Gasteiger partial charge on any atom is -0.351 e. The highest BCUT2D eigenvalue weighted by atomic mass is 16.2. The molecule has 5 rings (SSSR count). The summed E-state index contributed by atoms with van der Waals surface area (Å²) in [7, 11) is 0. The van der Waals surface area contributed by atoms with Gasteiger partial charge in [0.2, 0.25) is 0 Å². The van der Waals surface area contributed by atoms with Crippen molar-refractivity contribution in [1.29, 1.82) is 0 Å². The molecule has 4 aromatic rings. The SMILES string of the molecule is Cc1cc2ncc3c(n2n1)CCN(C(=O)c1cc2ccccc2[nH]1)C3. The van der Waals surface area contributed by atoms with Crippen LogP contribution >= 0.6 is 0 Å². The van der Waals surface area contributed by atoms with Crippen LogP contribution in [0.5, 0.6) is 0 Å². The molecule has 0 atom stereocenters. The fourth-order valence-electron chi connectivity index (χ4n) is 3.59. The van der Waals surface area contributed by atoms with Crippen LogP contribution < -0.4 is 0 Å². The van der Waals surface area contributed by atoms with Crippen LogP contribution in [0.2, 0.25) is 0 Å². The van der Waals surface area contributed by atoms with Gasteiger partial charge in [0.05, 0.1) is 11.4 Å². The third-order valence-corrected chi connectivity index (χ3v) is 4.82. The van der Waals surface area contributed by atoms with Crippen molar-refractivity contribution >= 4 is 22.5 Å². The zero-order valence-electron chi connectivity index (χ0n) is 13.9. The Labute approximate surface area is 144 Å². The summed E-state index contributed by atoms with van der Waals surface area (Å²) in [5.41, 5.74) is 5.65. The predicted molar refractivity (Wildman–Crippen MR) is 94.5 cm³/mol. The molecular formula is C19H17N5O. The van der Waals surface area contributed by atoms with Gasteiger partial charge >= 0.3 is 0 Å². The number of hydrogen-bond donors (Lipinski definition) is 1. The molecule has 0 radical (unpaired) electrons. The second kappa shape index (κ2) is 5.17. The molecule has 25 heavy (non-hydrogen) atoms. The van der Waals surface area contributed by atoms with Crippen LogP contribution in [0.1, 0.15) is 27.4 Å². The third-order valence-electron chi connectivity index (χ3n) is 4.82. The molecule has 1 amide bonds. The van der Waals surface area contributed by atoms with E-state index in [4.69, 9.17) is 0 Å². The van der Waals surface area contributed by atoms with Crippen molar-refractivity contribution < 1.29 is 4.79 Å². The number of para-hydroxylation sites is 1. The monoisotopic (exact) mass is 331 g/mol. The van der Waals surface area contributed by atoms with Gasteiger partial charge in [0.15, 0.2) is 5.65 Å². The molecule has 3 aromatic heterocycles. The lowest BCUT2D eigenvalue weighted by Gasteiger charge is -2.28. The standard InChI is InChI=1S/C19H17N5O/c1-12-8-18-20-10-14-11-23(7-6-17(14)24(18)22-12)19(25)16-9-13-4-2-3-5-15(13)21-16/h2-5,8-10,21H,6-7,11H2,1H3. The molecular weight excluding hydrogens is 314 g/mol. The summed E-state index contributed by atoms with van der Waals surface area (Å²) in [5, 5.41) is 5.58. The maximum atomic E-state index is 12.9. The van der Waals surface area contributed by atoms with Gasteiger partial charge in [-0.25, -0.2) is 9.50 Å². The molecule has 0 unspecified atom stereocenters. The van der Waals surface area contributed by atoms with Crippen molar-refractivity contribution in [2.24, 2.45) is 0 Å². The van der Waals surface area contributed by atoms with E-state index in [1.807, 2.05) is 58.9 Å². The van der Waals surface area contributed by atoms with E-state index in [0.717, 1.165) is 39.9 Å². The predicted octanol–water partition coefficient (Wildman–Crippen LogP) is 2.72. The van der Waals surface area contributed by atoms with Gasteiger partial charge in [-0.05, 0) is 19.1 Å². The van der Waals surface area contributed by atoms with Crippen LogP contribution in [0, 0.1) is 6.92 Å². The third kappa shape index (κ3) is 2.21. The number of H-pyrrole nitrogens is 1. The van der Waals surface area contributed by atoms with Crippen LogP contribution in [-0.4, -0.2) is 36.9 Å². The first-order chi connectivity index (χ1) is 12.2. The van der Waals surface area contributed by atoms with Gasteiger partial charge in [0.1, 0.15) is 5.69 Å². The summed E-state index contributed by atoms with van der Waals surface area (Å²) in [6, 6.07) is 11.8. The van der Waals surface area contributed by atoms with Gasteiger partial charge in [-0.1, -0.05) is 18.2 Å². The average molecular weight is 331 g/mol. The average Bonchev–Trinajstić information content (AvgIpc) is 3.23. The summed E-state index contributed by atoms with van der Waals surface area (Å²) in [4.78, 5) is 22.5. The summed E-state index contributed by atoms with van der Waals surface area (Å²) in [6.45, 7) is 3.21. The number of nitrogens with one attached hydrogen (secondary N) is 1. The Balaban J connectivity index is 1.48. The number of carbonyl (C=O) groups is 1. The topological polar surface area (TPSA) is 66.3 Å². The molecule has 6 heteroatoms. The van der Waals surface area contributed by atoms with E-state index >= 15 is 0 Å². The summed E-state index contributed by atoms with van der Waals surface area (Å²) < 4.78 is 1.91. The second-order valence-electron chi connectivity index (χ2n) is 6.53. The van der Waals surface area contributed by atoms with E-state index < -0.39 is 0 Å². The fraction of sp³-hybridized carbons (Fsp3) is 0.211. The number of aryl methyl sites for hydroxylation is 1. The highest BCUT2D eigenvalue weighted by Gasteiger charge is 2.25. The maximum Gasteiger partial charge on any atom is 0.270 e. The molecule has 1 N–H and O–H groups in total. The van der Waals surface area contributed by atoms with Gasteiger partial charge < -0.3 is 9.88 Å². The largest absolute Gasteiger partial charge is 0.351 e. The lowest BCUT2D eigenvalue weighted by atomic mass is 10.1. The van der Waals surface area contributed by atoms with Crippen molar-refractivity contribution in [3.8, 4) is 0 Å². The molecule has 0 bridgehead atoms. The Morgan fingerprint density at radius 2 is 2.12 bits per heavy atom. The number of amides is 1. The molecule has 1 aliphatic heterocycles. The normalized spacial score (nSPS) is 14.2. The van der Waals surface area contributed by atoms with Crippen LogP contribution in [-0.2, 0) is 13.0 Å². The van der Waals surface area contributed by atoms with E-state index in [1.165, 1.54) is 0 Å². The van der Waals surface area contributed by atoms with Gasteiger partial charge in [0, 0.05) is 48.2 Å². The number of fused-ring (bicyclic) bond motifs is 4. The zero-order chi connectivity index (χ0) is 17.0. The number of nitrogens with zero attached hydrogens (tertiary/aromatic N) is 4. The van der Waals surface area contributed by atoms with Crippen molar-refractivity contribution in [3.63, 3.8) is 0 Å². The highest BCUT2D eigenvalue weighted by Crippen LogP contribution is 2.22. The smallest absolute Gasteiger partial charge is 0.270 e. The Hall–Kier alpha value is -3.15. The first-order valence-electron chi connectivity index (χ1n) is 8.39. The van der Waals surface area contributed by atoms with Gasteiger partial charge in [0.25, 0.3) is 5.91 Å². The first kappa shape index (κ1) is 14.2. The Bertz CT molecular complexity index is 1090. The molecule has 124 valence electrons. The van der Waals surface area contributed by atoms with Gasteiger partial charge in [-0.15, -0.1) is 0 Å². The molecule has 6 nitrogen and oxygen atoms in total. The highest BCUT2D eigenvalue weighted by molar-refractivity contribution is 5.98. The number of hydrogen-bond acceptors (Lipinski definition) is 3. The molecule has 0 saturated heterocycles. The van der Waals surface area contributed by atoms with Gasteiger partial charge in [-0.2, -0.15) is 5.10 Å². The lowest BCUT2D eigenvalue weighted by molar-refractivity contribution is 0.0727. The quantitative estimate of drug-likeness (QED) is 0.583. The van der Waals surface area contributed by atoms with E-state index in [2.05, 4.69) is 15.1 Å². The molecule has 1 aliphatic rings. The molecule has 0 spiro atoms. The minimum absolute atomic E-state index is 0.0265. The van der Waals surface area contributed by atoms with Gasteiger partial charge in [-0.3, -0.25) is 4.79 Å². The van der Waals surface area contributed by atoms with Crippen LogP contribution in [0.25, 0.3) is 16.6 Å². The summed E-state index contributed by atoms with van der Waals surface area (Å²) in [6.07, 6.45) is 2.65. The molecule has 0 aliphatic carbocycles. The molecule has 0 saturated carbocycles. The lowest BCUT2D eigenvalue weighted by Crippen LogP contribution is -2.37. The fourth-order valence-corrected chi connectivity index (χ4v) is 3.59. The van der Waals surface area contributed by atoms with E-state index in [9.17, 15) is 4.79 Å². The zero-order valence-corrected chi connectivity index (χ0v) is 13.9. The molecule has 1 aromatic carbocycles. The van der Waals surface area contributed by atoms with Crippen LogP contribution in [0.15, 0.2) is 42.6 Å². The number of aromatic amines is 1. The number of aromatic nitrogens is 4. The molecule has 0 fully saturated rings. The van der Waals surface area contributed by atoms with E-state index in [0.29, 0.717) is 18.8 Å². The summed E-state index contributed by atoms with van der Waals surface area (Å²) in [5.74, 6) is 0.0265. The first-order valence-corrected chi connectivity index (χ1v) is 8.39. The molecule has 4 heterocycles. The Morgan fingerprint density at radius 3 is 3.00 bits per heavy atom. The van der Waals surface area contributed by atoms with E-state index in [1.54, 1.807) is 0 Å². The van der Waals surface area contributed by atoms with Crippen LogP contribution in [0.3, 0.4) is 0 Å². The van der Waals surface area contributed by atoms with Crippen LogP contribution in [0.4, 0.5) is 0 Å². The van der Waals surface area contributed by atoms with Crippen molar-refractivity contribution in [1.82, 2.24) is 24.5 Å². The second-order valence-corrected chi connectivity index (χ2v) is 6.53. The summed E-state index contributed by atoms with van der Waals surface area (Å²) >= 11 is 0. The minimum atomic E-state index is 0.0265. The number of carbonyl (C=O) groups excluding carboxylic acids is 1. The maximum absolute atomic E-state index is 12.9. The Kier molecular flexibility index (Phi) is 2.94. The van der Waals surface area contributed by atoms with Crippen molar-refractivity contribution in [3.05, 3.63) is 65.2 Å². The van der Waals surface area contributed by atoms with Crippen molar-refractivity contribution in [2.75, 3.05) is 6.54 Å². The Morgan fingerprint density at radius 1 is 1.24 bits per heavy atom. The number of rotatable bonds is 1. The van der Waals surface area contributed by atoms with Crippen molar-refractivity contribution in [2.45, 2.75) is 19.9 Å². The van der Waals surface area contributed by atoms with E-state index in [-0.39, 0.29) is 5.91 Å². The number of benzene rings is 1.